The summed E-state index contributed by atoms with van der Waals surface area (Å²) in [7, 11) is 0. The Balaban J connectivity index is 1.32. The normalized spacial score (nSPS) is 14.6. The third-order valence-corrected chi connectivity index (χ3v) is 6.57. The van der Waals surface area contributed by atoms with Crippen molar-refractivity contribution in [2.24, 2.45) is 0 Å². The molecule has 1 N–H and O–H groups in total. The molecule has 0 atom stereocenters. The molecule has 0 bridgehead atoms. The maximum Gasteiger partial charge on any atom is 0.224 e. The Labute approximate surface area is 197 Å². The Hall–Kier alpha value is -2.73. The number of amides is 1. The summed E-state index contributed by atoms with van der Waals surface area (Å²) in [4.78, 5) is 24.5. The molecule has 0 spiro atoms. The first-order chi connectivity index (χ1) is 16.0. The molecule has 1 fully saturated rings. The Morgan fingerprint density at radius 2 is 1.79 bits per heavy atom. The highest BCUT2D eigenvalue weighted by Gasteiger charge is 2.14. The SMILES string of the molecule is CCc1nc2c(C)cc(C)nc2n1Cc1ccc(NC(=O)CCCCN2CCCCC2)cc1. The minimum atomic E-state index is 0.102. The molecular weight excluding hydrogens is 410 g/mol. The van der Waals surface area contributed by atoms with Gasteiger partial charge in [0.15, 0.2) is 5.65 Å². The number of likely N-dealkylation sites (tertiary alicyclic amines) is 1. The highest BCUT2D eigenvalue weighted by Crippen LogP contribution is 2.21. The molecule has 0 unspecified atom stereocenters. The van der Waals surface area contributed by atoms with Crippen molar-refractivity contribution in [2.45, 2.75) is 72.3 Å². The smallest absolute Gasteiger partial charge is 0.224 e. The lowest BCUT2D eigenvalue weighted by molar-refractivity contribution is -0.116. The van der Waals surface area contributed by atoms with E-state index in [4.69, 9.17) is 9.97 Å². The van der Waals surface area contributed by atoms with Gasteiger partial charge in [-0.05, 0) is 88.5 Å². The fourth-order valence-corrected chi connectivity index (χ4v) is 4.79. The number of rotatable bonds is 9. The Morgan fingerprint density at radius 1 is 1.03 bits per heavy atom. The first kappa shape index (κ1) is 23.4. The maximum atomic E-state index is 12.4. The molecule has 1 aliphatic rings. The van der Waals surface area contributed by atoms with Gasteiger partial charge in [-0.2, -0.15) is 0 Å². The Bertz CT molecular complexity index is 1080. The molecule has 6 nitrogen and oxygen atoms in total. The van der Waals surface area contributed by atoms with Crippen LogP contribution in [0.1, 0.15) is 68.1 Å². The number of pyridine rings is 1. The summed E-state index contributed by atoms with van der Waals surface area (Å²) >= 11 is 0. The van der Waals surface area contributed by atoms with Crippen molar-refractivity contribution < 1.29 is 4.79 Å². The number of imidazole rings is 1. The molecule has 176 valence electrons. The molecule has 0 radical (unpaired) electrons. The zero-order valence-electron chi connectivity index (χ0n) is 20.4. The monoisotopic (exact) mass is 447 g/mol. The van der Waals surface area contributed by atoms with Crippen LogP contribution in [0.5, 0.6) is 0 Å². The summed E-state index contributed by atoms with van der Waals surface area (Å²) in [6.07, 6.45) is 7.50. The summed E-state index contributed by atoms with van der Waals surface area (Å²) in [6, 6.07) is 10.2. The predicted octanol–water partition coefficient (Wildman–Crippen LogP) is 5.25. The highest BCUT2D eigenvalue weighted by molar-refractivity contribution is 5.90. The second-order valence-corrected chi connectivity index (χ2v) is 9.32. The number of fused-ring (bicyclic) bond motifs is 1. The fraction of sp³-hybridized carbons (Fsp3) is 0.519. The zero-order valence-corrected chi connectivity index (χ0v) is 20.4. The summed E-state index contributed by atoms with van der Waals surface area (Å²) in [5, 5.41) is 3.05. The number of carbonyl (C=O) groups excluding carboxylic acids is 1. The van der Waals surface area contributed by atoms with E-state index in [1.807, 2.05) is 19.1 Å². The van der Waals surface area contributed by atoms with E-state index in [1.54, 1.807) is 0 Å². The maximum absolute atomic E-state index is 12.4. The second-order valence-electron chi connectivity index (χ2n) is 9.32. The van der Waals surface area contributed by atoms with Gasteiger partial charge >= 0.3 is 0 Å². The molecule has 0 aliphatic carbocycles. The summed E-state index contributed by atoms with van der Waals surface area (Å²) in [5.41, 5.74) is 6.14. The first-order valence-corrected chi connectivity index (χ1v) is 12.5. The van der Waals surface area contributed by atoms with Crippen LogP contribution in [0.2, 0.25) is 0 Å². The van der Waals surface area contributed by atoms with Gasteiger partial charge < -0.3 is 14.8 Å². The van der Waals surface area contributed by atoms with Gasteiger partial charge in [0, 0.05) is 24.2 Å². The quantitative estimate of drug-likeness (QED) is 0.455. The van der Waals surface area contributed by atoms with Gasteiger partial charge in [-0.15, -0.1) is 0 Å². The van der Waals surface area contributed by atoms with Gasteiger partial charge in [0.2, 0.25) is 5.91 Å². The molecule has 3 heterocycles. The molecule has 4 rings (SSSR count). The average Bonchev–Trinajstić information content (AvgIpc) is 3.16. The van der Waals surface area contributed by atoms with Crippen LogP contribution in [0.25, 0.3) is 11.2 Å². The van der Waals surface area contributed by atoms with Gasteiger partial charge in [0.1, 0.15) is 11.3 Å². The van der Waals surface area contributed by atoms with Crippen LogP contribution in [0, 0.1) is 13.8 Å². The number of piperidine rings is 1. The van der Waals surface area contributed by atoms with Crippen LogP contribution in [0.3, 0.4) is 0 Å². The van der Waals surface area contributed by atoms with Gasteiger partial charge in [-0.3, -0.25) is 4.79 Å². The molecule has 3 aromatic rings. The van der Waals surface area contributed by atoms with Crippen molar-refractivity contribution in [2.75, 3.05) is 25.0 Å². The van der Waals surface area contributed by atoms with Crippen molar-refractivity contribution in [1.29, 1.82) is 0 Å². The lowest BCUT2D eigenvalue weighted by Crippen LogP contribution is -2.30. The minimum absolute atomic E-state index is 0.102. The summed E-state index contributed by atoms with van der Waals surface area (Å²) < 4.78 is 2.21. The molecular formula is C27H37N5O. The third kappa shape index (κ3) is 5.99. The molecule has 33 heavy (non-hydrogen) atoms. The van der Waals surface area contributed by atoms with Crippen LogP contribution in [-0.2, 0) is 17.8 Å². The van der Waals surface area contributed by atoms with E-state index in [1.165, 1.54) is 43.5 Å². The van der Waals surface area contributed by atoms with Crippen molar-refractivity contribution in [3.8, 4) is 0 Å². The largest absolute Gasteiger partial charge is 0.326 e. The van der Waals surface area contributed by atoms with Gasteiger partial charge in [0.05, 0.1) is 6.54 Å². The molecule has 6 heteroatoms. The van der Waals surface area contributed by atoms with Crippen molar-refractivity contribution >= 4 is 22.8 Å². The van der Waals surface area contributed by atoms with E-state index < -0.39 is 0 Å². The molecule has 1 aliphatic heterocycles. The van der Waals surface area contributed by atoms with E-state index >= 15 is 0 Å². The predicted molar refractivity (Wildman–Crippen MR) is 135 cm³/mol. The number of hydrogen-bond acceptors (Lipinski definition) is 4. The number of nitrogens with zero attached hydrogens (tertiary/aromatic N) is 4. The third-order valence-electron chi connectivity index (χ3n) is 6.57. The van der Waals surface area contributed by atoms with Crippen molar-refractivity contribution in [1.82, 2.24) is 19.4 Å². The average molecular weight is 448 g/mol. The van der Waals surface area contributed by atoms with E-state index in [-0.39, 0.29) is 5.91 Å². The molecule has 1 amide bonds. The number of hydrogen-bond donors (Lipinski definition) is 1. The van der Waals surface area contributed by atoms with Crippen LogP contribution in [0.4, 0.5) is 5.69 Å². The van der Waals surface area contributed by atoms with Crippen LogP contribution < -0.4 is 5.32 Å². The number of benzene rings is 1. The first-order valence-electron chi connectivity index (χ1n) is 12.5. The minimum Gasteiger partial charge on any atom is -0.326 e. The van der Waals surface area contributed by atoms with Crippen LogP contribution in [-0.4, -0.2) is 45.0 Å². The molecule has 2 aromatic heterocycles. The topological polar surface area (TPSA) is 63.1 Å². The number of carbonyl (C=O) groups is 1. The summed E-state index contributed by atoms with van der Waals surface area (Å²) in [6.45, 7) is 10.5. The second kappa shape index (κ2) is 10.9. The van der Waals surface area contributed by atoms with Gasteiger partial charge in [-0.25, -0.2) is 9.97 Å². The van der Waals surface area contributed by atoms with Crippen LogP contribution >= 0.6 is 0 Å². The highest BCUT2D eigenvalue weighted by atomic mass is 16.1. The fourth-order valence-electron chi connectivity index (χ4n) is 4.79. The van der Waals surface area contributed by atoms with E-state index in [0.29, 0.717) is 6.42 Å². The summed E-state index contributed by atoms with van der Waals surface area (Å²) in [5.74, 6) is 1.15. The standard InChI is InChI=1S/C27H37N5O/c1-4-24-30-26-20(2)18-21(3)28-27(26)32(24)19-22-11-13-23(14-12-22)29-25(33)10-6-9-17-31-15-7-5-8-16-31/h11-14,18H,4-10,15-17,19H2,1-3H3,(H,29,33). The lowest BCUT2D eigenvalue weighted by atomic mass is 10.1. The van der Waals surface area contributed by atoms with Crippen LogP contribution in [0.15, 0.2) is 30.3 Å². The molecule has 1 aromatic carbocycles. The number of nitrogens with one attached hydrogen (secondary N) is 1. The van der Waals surface area contributed by atoms with Crippen molar-refractivity contribution in [3.63, 3.8) is 0 Å². The number of anilines is 1. The van der Waals surface area contributed by atoms with E-state index in [2.05, 4.69) is 46.8 Å². The molecule has 0 saturated carbocycles. The Kier molecular flexibility index (Phi) is 7.76. The zero-order chi connectivity index (χ0) is 23.2. The van der Waals surface area contributed by atoms with Gasteiger partial charge in [0.25, 0.3) is 0 Å². The lowest BCUT2D eigenvalue weighted by Gasteiger charge is -2.26. The van der Waals surface area contributed by atoms with Gasteiger partial charge in [-0.1, -0.05) is 25.5 Å². The van der Waals surface area contributed by atoms with E-state index in [9.17, 15) is 4.79 Å². The molecule has 1 saturated heterocycles. The van der Waals surface area contributed by atoms with E-state index in [0.717, 1.165) is 60.7 Å². The number of aryl methyl sites for hydroxylation is 3. The number of aromatic nitrogens is 3. The Morgan fingerprint density at radius 3 is 2.52 bits per heavy atom. The number of unbranched alkanes of at least 4 members (excludes halogenated alkanes) is 1. The van der Waals surface area contributed by atoms with Crippen molar-refractivity contribution in [3.05, 3.63) is 53.0 Å².